The van der Waals surface area contributed by atoms with Gasteiger partial charge in [-0.2, -0.15) is 0 Å². The van der Waals surface area contributed by atoms with Crippen LogP contribution < -0.4 is 0 Å². The molecule has 98 valence electrons. The SMILES string of the molecule is [SeH]C(CC1CS1)C1[Se]C[Se]C1C([SeH])CC1CS1. The number of thioether (sulfide) groups is 2. The number of rotatable bonds is 6. The summed E-state index contributed by atoms with van der Waals surface area (Å²) in [6, 6.07) is 0. The molecular weight excluding hydrogens is 512 g/mol. The van der Waals surface area contributed by atoms with Crippen molar-refractivity contribution in [1.29, 1.82) is 0 Å². The second kappa shape index (κ2) is 6.69. The van der Waals surface area contributed by atoms with Crippen molar-refractivity contribution in [2.45, 2.75) is 46.8 Å². The van der Waals surface area contributed by atoms with E-state index in [1.165, 1.54) is 24.3 Å². The molecule has 0 amide bonds. The molecule has 0 aromatic heterocycles. The zero-order valence-corrected chi connectivity index (χ0v) is 18.3. The fourth-order valence-corrected chi connectivity index (χ4v) is 18.8. The molecule has 3 saturated heterocycles. The van der Waals surface area contributed by atoms with E-state index in [1.807, 2.05) is 0 Å². The van der Waals surface area contributed by atoms with Gasteiger partial charge in [-0.3, -0.25) is 0 Å². The van der Waals surface area contributed by atoms with E-state index in [1.54, 1.807) is 4.22 Å². The molecule has 3 rings (SSSR count). The van der Waals surface area contributed by atoms with Crippen LogP contribution in [0, 0.1) is 0 Å². The van der Waals surface area contributed by atoms with E-state index in [-0.39, 0.29) is 0 Å². The van der Waals surface area contributed by atoms with Crippen molar-refractivity contribution < 1.29 is 0 Å². The second-order valence-corrected chi connectivity index (χ2v) is 17.1. The zero-order chi connectivity index (χ0) is 11.8. The first-order valence-electron chi connectivity index (χ1n) is 6.06. The number of hydrogen-bond acceptors (Lipinski definition) is 2. The Labute approximate surface area is 142 Å². The van der Waals surface area contributed by atoms with Gasteiger partial charge < -0.3 is 0 Å². The summed E-state index contributed by atoms with van der Waals surface area (Å²) in [4.78, 5) is 4.16. The van der Waals surface area contributed by atoms with Crippen molar-refractivity contribution in [1.82, 2.24) is 0 Å². The van der Waals surface area contributed by atoms with E-state index in [0.717, 1.165) is 59.7 Å². The van der Waals surface area contributed by atoms with Crippen LogP contribution in [0.15, 0.2) is 0 Å². The molecule has 0 aliphatic carbocycles. The van der Waals surface area contributed by atoms with Crippen LogP contribution in [-0.4, -0.2) is 83.9 Å². The first-order valence-corrected chi connectivity index (χ1v) is 14.7. The first-order chi connectivity index (χ1) is 8.24. The molecule has 6 unspecified atom stereocenters. The molecular formula is C11H18S2Se4. The topological polar surface area (TPSA) is 0 Å². The van der Waals surface area contributed by atoms with Gasteiger partial charge in [-0.05, 0) is 0 Å². The fraction of sp³-hybridized carbons (Fsp3) is 1.00. The Morgan fingerprint density at radius 1 is 0.941 bits per heavy atom. The van der Waals surface area contributed by atoms with Gasteiger partial charge in [-0.15, -0.1) is 0 Å². The summed E-state index contributed by atoms with van der Waals surface area (Å²) >= 11 is 12.4. The summed E-state index contributed by atoms with van der Waals surface area (Å²) < 4.78 is 1.62. The maximum atomic E-state index is 3.05. The maximum absolute atomic E-state index is 3.05. The molecule has 6 atom stereocenters. The molecule has 3 aliphatic heterocycles. The molecule has 0 radical (unpaired) electrons. The van der Waals surface area contributed by atoms with Crippen molar-refractivity contribution in [3.05, 3.63) is 0 Å². The zero-order valence-electron chi connectivity index (χ0n) is 9.53. The van der Waals surface area contributed by atoms with Gasteiger partial charge >= 0.3 is 144 Å². The summed E-state index contributed by atoms with van der Waals surface area (Å²) in [5, 5.41) is 2.08. The molecule has 0 saturated carbocycles. The molecule has 3 aliphatic rings. The van der Waals surface area contributed by atoms with Crippen molar-refractivity contribution in [3.8, 4) is 0 Å². The predicted molar refractivity (Wildman–Crippen MR) is 87.3 cm³/mol. The molecule has 0 aromatic rings. The minimum absolute atomic E-state index is 0.968. The van der Waals surface area contributed by atoms with Crippen molar-refractivity contribution in [2.24, 2.45) is 0 Å². The van der Waals surface area contributed by atoms with Crippen LogP contribution in [0.25, 0.3) is 0 Å². The minimum atomic E-state index is 0.968. The van der Waals surface area contributed by atoms with Crippen LogP contribution in [0.1, 0.15) is 12.8 Å². The second-order valence-electron chi connectivity index (χ2n) is 4.90. The van der Waals surface area contributed by atoms with Crippen LogP contribution in [0.5, 0.6) is 0 Å². The van der Waals surface area contributed by atoms with Gasteiger partial charge in [0.25, 0.3) is 0 Å². The van der Waals surface area contributed by atoms with E-state index in [0.29, 0.717) is 0 Å². The summed E-state index contributed by atoms with van der Waals surface area (Å²) in [7, 11) is 0. The molecule has 0 nitrogen and oxygen atoms in total. The van der Waals surface area contributed by atoms with Crippen LogP contribution in [0.3, 0.4) is 0 Å². The Morgan fingerprint density at radius 3 is 1.71 bits per heavy atom. The van der Waals surface area contributed by atoms with Gasteiger partial charge in [-0.25, -0.2) is 0 Å². The molecule has 3 fully saturated rings. The summed E-state index contributed by atoms with van der Waals surface area (Å²) in [5.41, 5.74) is 0. The Hall–Kier alpha value is 2.78. The van der Waals surface area contributed by atoms with E-state index < -0.39 is 0 Å². The average Bonchev–Trinajstić information content (AvgIpc) is 3.21. The van der Waals surface area contributed by atoms with Gasteiger partial charge in [0.1, 0.15) is 0 Å². The first kappa shape index (κ1) is 14.7. The van der Waals surface area contributed by atoms with Gasteiger partial charge in [0, 0.05) is 0 Å². The third-order valence-electron chi connectivity index (χ3n) is 3.42. The Bertz CT molecular complexity index is 244. The quantitative estimate of drug-likeness (QED) is 0.380. The Morgan fingerprint density at radius 2 is 1.35 bits per heavy atom. The van der Waals surface area contributed by atoms with Crippen LogP contribution >= 0.6 is 23.5 Å². The molecule has 0 N–H and O–H groups in total. The van der Waals surface area contributed by atoms with E-state index in [4.69, 9.17) is 0 Å². The van der Waals surface area contributed by atoms with E-state index in [2.05, 4.69) is 55.5 Å². The average molecular weight is 530 g/mol. The summed E-state index contributed by atoms with van der Waals surface area (Å²) in [6.45, 7) is 0. The van der Waals surface area contributed by atoms with Gasteiger partial charge in [0.05, 0.1) is 0 Å². The molecule has 17 heavy (non-hydrogen) atoms. The van der Waals surface area contributed by atoms with Gasteiger partial charge in [0.15, 0.2) is 0 Å². The fourth-order valence-electron chi connectivity index (χ4n) is 2.26. The Balaban J connectivity index is 1.53. The van der Waals surface area contributed by atoms with Gasteiger partial charge in [-0.1, -0.05) is 0 Å². The summed E-state index contributed by atoms with van der Waals surface area (Å²) in [6.07, 6.45) is 3.00. The predicted octanol–water partition coefficient (Wildman–Crippen LogP) is 1.75. The third-order valence-corrected chi connectivity index (χ3v) is 18.2. The van der Waals surface area contributed by atoms with Crippen LogP contribution in [0.4, 0.5) is 0 Å². The van der Waals surface area contributed by atoms with Crippen LogP contribution in [-0.2, 0) is 0 Å². The van der Waals surface area contributed by atoms with Crippen molar-refractivity contribution >= 4 is 85.5 Å². The Kier molecular flexibility index (Phi) is 5.79. The normalized spacial score (nSPS) is 43.4. The standard InChI is InChI=1S/C11H18S2Se4/c14-8(1-6-3-12-6)10-11(17-5-16-10)9(15)2-7-4-13-7/h6-11,14-15H,1-5H2. The van der Waals surface area contributed by atoms with Crippen molar-refractivity contribution in [3.63, 3.8) is 0 Å². The molecule has 3 heterocycles. The van der Waals surface area contributed by atoms with E-state index >= 15 is 0 Å². The molecule has 0 bridgehead atoms. The summed E-state index contributed by atoms with van der Waals surface area (Å²) in [5.74, 6) is 2.90. The van der Waals surface area contributed by atoms with Crippen molar-refractivity contribution in [2.75, 3.05) is 11.5 Å². The third kappa shape index (κ3) is 4.37. The molecule has 0 aromatic carbocycles. The molecule has 0 spiro atoms. The van der Waals surface area contributed by atoms with E-state index in [9.17, 15) is 0 Å². The van der Waals surface area contributed by atoms with Crippen LogP contribution in [0.2, 0.25) is 23.5 Å². The molecule has 6 heteroatoms. The van der Waals surface area contributed by atoms with Gasteiger partial charge in [0.2, 0.25) is 0 Å². The number of hydrogen-bond donors (Lipinski definition) is 0. The monoisotopic (exact) mass is 534 g/mol.